The second-order valence-corrected chi connectivity index (χ2v) is 4.02. The number of thioether (sulfide) groups is 1. The van der Waals surface area contributed by atoms with E-state index in [-0.39, 0.29) is 22.5 Å². The molecule has 0 heterocycles. The largest absolute Gasteiger partial charge is 0.379 e. The number of benzene rings is 1. The topological polar surface area (TPSA) is 122 Å². The van der Waals surface area contributed by atoms with Crippen LogP contribution < -0.4 is 11.1 Å². The first-order chi connectivity index (χ1) is 7.99. The van der Waals surface area contributed by atoms with E-state index in [1.165, 1.54) is 24.3 Å². The highest BCUT2D eigenvalue weighted by Crippen LogP contribution is 2.15. The maximum Gasteiger partial charge on any atom is 0.269 e. The van der Waals surface area contributed by atoms with Crippen molar-refractivity contribution in [3.63, 3.8) is 0 Å². The molecule has 0 spiro atoms. The highest BCUT2D eigenvalue weighted by atomic mass is 32.2. The monoisotopic (exact) mass is 254 g/mol. The van der Waals surface area contributed by atoms with Crippen molar-refractivity contribution in [3.05, 3.63) is 34.4 Å². The molecule has 0 unspecified atom stereocenters. The van der Waals surface area contributed by atoms with Gasteiger partial charge in [-0.3, -0.25) is 20.3 Å². The summed E-state index contributed by atoms with van der Waals surface area (Å²) in [6, 6.07) is 5.48. The van der Waals surface area contributed by atoms with Crippen LogP contribution in [0.5, 0.6) is 0 Å². The van der Waals surface area contributed by atoms with E-state index in [0.29, 0.717) is 5.69 Å². The Balaban J connectivity index is 2.54. The number of amides is 1. The average Bonchev–Trinajstić information content (AvgIpc) is 2.27. The molecule has 1 aromatic carbocycles. The summed E-state index contributed by atoms with van der Waals surface area (Å²) >= 11 is 0.907. The van der Waals surface area contributed by atoms with Crippen LogP contribution in [0.3, 0.4) is 0 Å². The van der Waals surface area contributed by atoms with Gasteiger partial charge in [-0.25, -0.2) is 0 Å². The summed E-state index contributed by atoms with van der Waals surface area (Å²) in [5.74, 6) is -0.286. The van der Waals surface area contributed by atoms with E-state index < -0.39 is 4.92 Å². The standard InChI is InChI=1S/C9H10N4O3S/c10-9(11)17-5-8(14)12-6-1-3-7(4-2-6)13(15)16/h1-4H,5H2,(H3,10,11)(H,12,14). The van der Waals surface area contributed by atoms with E-state index in [1.54, 1.807) is 0 Å². The predicted molar refractivity (Wildman–Crippen MR) is 66.1 cm³/mol. The van der Waals surface area contributed by atoms with Crippen LogP contribution in [0, 0.1) is 15.5 Å². The zero-order valence-electron chi connectivity index (χ0n) is 8.67. The van der Waals surface area contributed by atoms with Gasteiger partial charge < -0.3 is 11.1 Å². The Morgan fingerprint density at radius 3 is 2.53 bits per heavy atom. The first-order valence-corrected chi connectivity index (χ1v) is 5.48. The van der Waals surface area contributed by atoms with E-state index in [4.69, 9.17) is 11.1 Å². The number of nitrogens with zero attached hydrogens (tertiary/aromatic N) is 1. The molecule has 0 saturated carbocycles. The van der Waals surface area contributed by atoms with Crippen molar-refractivity contribution in [2.75, 3.05) is 11.1 Å². The Morgan fingerprint density at radius 2 is 2.06 bits per heavy atom. The van der Waals surface area contributed by atoms with Gasteiger partial charge in [0.15, 0.2) is 5.17 Å². The molecule has 4 N–H and O–H groups in total. The summed E-state index contributed by atoms with van der Waals surface area (Å²) in [5.41, 5.74) is 5.50. The third kappa shape index (κ3) is 4.51. The summed E-state index contributed by atoms with van der Waals surface area (Å²) < 4.78 is 0. The van der Waals surface area contributed by atoms with Crippen molar-refractivity contribution in [1.82, 2.24) is 0 Å². The summed E-state index contributed by atoms with van der Waals surface area (Å²) in [7, 11) is 0. The maximum atomic E-state index is 11.3. The number of nitro benzene ring substituents is 1. The molecule has 1 rings (SSSR count). The summed E-state index contributed by atoms with van der Waals surface area (Å²) in [6.45, 7) is 0. The fourth-order valence-corrected chi connectivity index (χ4v) is 1.37. The normalized spacial score (nSPS) is 9.65. The van der Waals surface area contributed by atoms with Crippen molar-refractivity contribution in [2.24, 2.45) is 5.73 Å². The van der Waals surface area contributed by atoms with Gasteiger partial charge in [0, 0.05) is 17.8 Å². The van der Waals surface area contributed by atoms with E-state index in [9.17, 15) is 14.9 Å². The van der Waals surface area contributed by atoms with E-state index in [2.05, 4.69) is 5.32 Å². The molecule has 0 radical (unpaired) electrons. The lowest BCUT2D eigenvalue weighted by Gasteiger charge is -2.03. The first-order valence-electron chi connectivity index (χ1n) is 4.50. The van der Waals surface area contributed by atoms with Gasteiger partial charge in [-0.15, -0.1) is 0 Å². The highest BCUT2D eigenvalue weighted by molar-refractivity contribution is 8.14. The first kappa shape index (κ1) is 13.0. The third-order valence-corrected chi connectivity index (χ3v) is 2.44. The van der Waals surface area contributed by atoms with E-state index in [1.807, 2.05) is 0 Å². The van der Waals surface area contributed by atoms with Crippen molar-refractivity contribution >= 4 is 34.2 Å². The molecule has 8 heteroatoms. The minimum atomic E-state index is -0.517. The number of non-ortho nitro benzene ring substituents is 1. The lowest BCUT2D eigenvalue weighted by atomic mass is 10.3. The molecule has 90 valence electrons. The number of hydrogen-bond donors (Lipinski definition) is 3. The number of nitro groups is 1. The molecule has 0 aromatic heterocycles. The van der Waals surface area contributed by atoms with Gasteiger partial charge in [0.05, 0.1) is 10.7 Å². The summed E-state index contributed by atoms with van der Waals surface area (Å²) in [5, 5.41) is 19.7. The predicted octanol–water partition coefficient (Wildman–Crippen LogP) is 1.16. The van der Waals surface area contributed by atoms with E-state index in [0.717, 1.165) is 11.8 Å². The number of nitrogens with two attached hydrogens (primary N) is 1. The molecule has 1 amide bonds. The second-order valence-electron chi connectivity index (χ2n) is 3.01. The number of rotatable bonds is 4. The van der Waals surface area contributed by atoms with Crippen LogP contribution in [0.2, 0.25) is 0 Å². The molecule has 0 saturated heterocycles. The molecule has 0 bridgehead atoms. The summed E-state index contributed by atoms with van der Waals surface area (Å²) in [6.07, 6.45) is 0. The van der Waals surface area contributed by atoms with E-state index >= 15 is 0 Å². The SMILES string of the molecule is N=C(N)SCC(=O)Nc1ccc([N+](=O)[O-])cc1. The Hall–Kier alpha value is -2.09. The number of carbonyl (C=O) groups is 1. The molecule has 0 aliphatic carbocycles. The maximum absolute atomic E-state index is 11.3. The van der Waals surface area contributed by atoms with Gasteiger partial charge in [0.1, 0.15) is 0 Å². The molecular formula is C9H10N4O3S. The number of carbonyl (C=O) groups excluding carboxylic acids is 1. The minimum absolute atomic E-state index is 0.0340. The molecule has 17 heavy (non-hydrogen) atoms. The van der Waals surface area contributed by atoms with Crippen LogP contribution in [0.15, 0.2) is 24.3 Å². The van der Waals surface area contributed by atoms with Gasteiger partial charge in [-0.1, -0.05) is 11.8 Å². The van der Waals surface area contributed by atoms with Crippen LogP contribution in [-0.4, -0.2) is 21.8 Å². The molecule has 0 aliphatic heterocycles. The van der Waals surface area contributed by atoms with Crippen molar-refractivity contribution in [2.45, 2.75) is 0 Å². The van der Waals surface area contributed by atoms with Crippen molar-refractivity contribution < 1.29 is 9.72 Å². The molecule has 0 fully saturated rings. The van der Waals surface area contributed by atoms with Crippen molar-refractivity contribution in [3.8, 4) is 0 Å². The van der Waals surface area contributed by atoms with Gasteiger partial charge in [-0.2, -0.15) is 0 Å². The van der Waals surface area contributed by atoms with Gasteiger partial charge in [-0.05, 0) is 12.1 Å². The number of nitrogens with one attached hydrogen (secondary N) is 2. The molecule has 7 nitrogen and oxygen atoms in total. The zero-order chi connectivity index (χ0) is 12.8. The van der Waals surface area contributed by atoms with Crippen LogP contribution in [0.25, 0.3) is 0 Å². The van der Waals surface area contributed by atoms with Crippen molar-refractivity contribution in [1.29, 1.82) is 5.41 Å². The molecule has 1 aromatic rings. The Bertz CT molecular complexity index is 446. The quantitative estimate of drug-likeness (QED) is 0.322. The van der Waals surface area contributed by atoms with Crippen LogP contribution in [-0.2, 0) is 4.79 Å². The van der Waals surface area contributed by atoms with Gasteiger partial charge in [0.2, 0.25) is 5.91 Å². The lowest BCUT2D eigenvalue weighted by Crippen LogP contribution is -2.17. The van der Waals surface area contributed by atoms with Gasteiger partial charge in [0.25, 0.3) is 5.69 Å². The molecule has 0 atom stereocenters. The highest BCUT2D eigenvalue weighted by Gasteiger charge is 2.06. The van der Waals surface area contributed by atoms with Crippen LogP contribution >= 0.6 is 11.8 Å². The fraction of sp³-hybridized carbons (Fsp3) is 0.111. The summed E-state index contributed by atoms with van der Waals surface area (Å²) in [4.78, 5) is 21.2. The zero-order valence-corrected chi connectivity index (χ0v) is 9.49. The Morgan fingerprint density at radius 1 is 1.47 bits per heavy atom. The smallest absolute Gasteiger partial charge is 0.269 e. The number of amidine groups is 1. The van der Waals surface area contributed by atoms with Gasteiger partial charge >= 0.3 is 0 Å². The number of anilines is 1. The fourth-order valence-electron chi connectivity index (χ4n) is 1.01. The van der Waals surface area contributed by atoms with Crippen LogP contribution in [0.1, 0.15) is 0 Å². The second kappa shape index (κ2) is 5.85. The minimum Gasteiger partial charge on any atom is -0.379 e. The van der Waals surface area contributed by atoms with Crippen LogP contribution in [0.4, 0.5) is 11.4 Å². The average molecular weight is 254 g/mol. The third-order valence-electron chi connectivity index (χ3n) is 1.72. The number of hydrogen-bond acceptors (Lipinski definition) is 5. The Kier molecular flexibility index (Phi) is 4.46. The lowest BCUT2D eigenvalue weighted by molar-refractivity contribution is -0.384. The Labute approximate surface area is 101 Å². The molecule has 0 aliphatic rings. The molecular weight excluding hydrogens is 244 g/mol.